The Kier molecular flexibility index (Phi) is 8.16. The lowest BCUT2D eigenvalue weighted by atomic mass is 10.2. The summed E-state index contributed by atoms with van der Waals surface area (Å²) >= 11 is 3.51. The van der Waals surface area contributed by atoms with Crippen molar-refractivity contribution in [3.05, 3.63) is 58.6 Å². The second-order valence-electron chi connectivity index (χ2n) is 5.41. The van der Waals surface area contributed by atoms with Gasteiger partial charge < -0.3 is 10.2 Å². The van der Waals surface area contributed by atoms with Crippen molar-refractivity contribution in [2.75, 3.05) is 12.0 Å². The Morgan fingerprint density at radius 1 is 1.04 bits per heavy atom. The number of nitrogens with zero attached hydrogens (tertiary/aromatic N) is 1. The van der Waals surface area contributed by atoms with E-state index in [1.807, 2.05) is 42.5 Å². The number of hydrogen-bond donors (Lipinski definition) is 2. The molecular formula is C19H22BrN3O. The van der Waals surface area contributed by atoms with Gasteiger partial charge in [-0.2, -0.15) is 5.26 Å². The predicted octanol–water partition coefficient (Wildman–Crippen LogP) is 5.03. The summed E-state index contributed by atoms with van der Waals surface area (Å²) in [5.74, 6) is 0.890. The molecule has 0 saturated heterocycles. The van der Waals surface area contributed by atoms with Gasteiger partial charge in [0.2, 0.25) is 0 Å². The third-order valence-corrected chi connectivity index (χ3v) is 3.99. The summed E-state index contributed by atoms with van der Waals surface area (Å²) < 4.78 is 6.93. The zero-order valence-electron chi connectivity index (χ0n) is 13.6. The van der Waals surface area contributed by atoms with Crippen molar-refractivity contribution in [2.24, 2.45) is 0 Å². The predicted molar refractivity (Wildman–Crippen MR) is 101 cm³/mol. The fourth-order valence-corrected chi connectivity index (χ4v) is 2.66. The summed E-state index contributed by atoms with van der Waals surface area (Å²) in [6.07, 6.45) is 3.55. The monoisotopic (exact) mass is 387 g/mol. The molecule has 5 heteroatoms. The lowest BCUT2D eigenvalue weighted by molar-refractivity contribution is 0.302. The Bertz CT molecular complexity index is 655. The smallest absolute Gasteiger partial charge is 0.123 e. The van der Waals surface area contributed by atoms with Gasteiger partial charge in [0.15, 0.2) is 0 Å². The Hall–Kier alpha value is -2.03. The van der Waals surface area contributed by atoms with Gasteiger partial charge in [0.1, 0.15) is 5.75 Å². The first-order chi connectivity index (χ1) is 11.8. The van der Waals surface area contributed by atoms with E-state index >= 15 is 0 Å². The molecule has 0 aliphatic heterocycles. The molecule has 126 valence electrons. The number of rotatable bonds is 10. The highest BCUT2D eigenvalue weighted by Gasteiger charge is 2.05. The topological polar surface area (TPSA) is 57.1 Å². The zero-order chi connectivity index (χ0) is 17.0. The molecule has 0 aliphatic carbocycles. The number of ether oxygens (including phenoxy) is 1. The standard InChI is InChI=1S/C19H22BrN3O/c20-17-10-11-19(24-13-7-2-1-6-12-21)16(14-17)15-22-23-18-8-4-3-5-9-18/h3-5,8-11,14,22-23H,1-2,6-7,13,15H2. The van der Waals surface area contributed by atoms with Crippen molar-refractivity contribution >= 4 is 21.6 Å². The average molecular weight is 388 g/mol. The van der Waals surface area contributed by atoms with Gasteiger partial charge in [-0.05, 0) is 49.6 Å². The van der Waals surface area contributed by atoms with Crippen LogP contribution in [0.4, 0.5) is 5.69 Å². The molecule has 0 amide bonds. The van der Waals surface area contributed by atoms with Crippen LogP contribution in [-0.4, -0.2) is 6.61 Å². The lowest BCUT2D eigenvalue weighted by Gasteiger charge is -2.14. The van der Waals surface area contributed by atoms with Crippen LogP contribution < -0.4 is 15.6 Å². The fourth-order valence-electron chi connectivity index (χ4n) is 2.25. The Morgan fingerprint density at radius 3 is 2.67 bits per heavy atom. The number of benzene rings is 2. The van der Waals surface area contributed by atoms with E-state index in [2.05, 4.69) is 38.9 Å². The molecule has 4 nitrogen and oxygen atoms in total. The van der Waals surface area contributed by atoms with Crippen LogP contribution in [0.15, 0.2) is 53.0 Å². The molecule has 0 bridgehead atoms. The quantitative estimate of drug-likeness (QED) is 0.443. The number of halogens is 1. The summed E-state index contributed by atoms with van der Waals surface area (Å²) in [5.41, 5.74) is 8.50. The number of unbranched alkanes of at least 4 members (excludes halogenated alkanes) is 3. The number of nitrogens with one attached hydrogen (secondary N) is 2. The maximum absolute atomic E-state index is 8.53. The number of nitriles is 1. The van der Waals surface area contributed by atoms with Crippen molar-refractivity contribution in [3.8, 4) is 11.8 Å². The van der Waals surface area contributed by atoms with E-state index in [1.165, 1.54) is 0 Å². The first-order valence-electron chi connectivity index (χ1n) is 8.11. The molecule has 2 N–H and O–H groups in total. The molecule has 0 unspecified atom stereocenters. The summed E-state index contributed by atoms with van der Waals surface area (Å²) in [5, 5.41) is 8.53. The summed E-state index contributed by atoms with van der Waals surface area (Å²) in [4.78, 5) is 0. The molecule has 2 aromatic carbocycles. The second-order valence-corrected chi connectivity index (χ2v) is 6.33. The van der Waals surface area contributed by atoms with Crippen LogP contribution in [-0.2, 0) is 6.54 Å². The van der Waals surface area contributed by atoms with Gasteiger partial charge in [0, 0.05) is 28.7 Å². The van der Waals surface area contributed by atoms with Crippen molar-refractivity contribution in [3.63, 3.8) is 0 Å². The molecule has 0 aliphatic rings. The first kappa shape index (κ1) is 18.3. The molecule has 0 radical (unpaired) electrons. The van der Waals surface area contributed by atoms with Gasteiger partial charge in [-0.3, -0.25) is 0 Å². The second kappa shape index (κ2) is 10.7. The number of anilines is 1. The minimum atomic E-state index is 0.624. The molecular weight excluding hydrogens is 366 g/mol. The highest BCUT2D eigenvalue weighted by molar-refractivity contribution is 9.10. The van der Waals surface area contributed by atoms with Crippen LogP contribution >= 0.6 is 15.9 Å². The molecule has 0 heterocycles. The summed E-state index contributed by atoms with van der Waals surface area (Å²) in [7, 11) is 0. The number of hydrogen-bond acceptors (Lipinski definition) is 4. The fraction of sp³-hybridized carbons (Fsp3) is 0.316. The number of hydrazine groups is 1. The molecule has 0 aromatic heterocycles. The van der Waals surface area contributed by atoms with Gasteiger partial charge in [0.25, 0.3) is 0 Å². The lowest BCUT2D eigenvalue weighted by Crippen LogP contribution is -2.21. The summed E-state index contributed by atoms with van der Waals surface area (Å²) in [6.45, 7) is 1.32. The molecule has 2 aromatic rings. The average Bonchev–Trinajstić information content (AvgIpc) is 2.60. The van der Waals surface area contributed by atoms with E-state index in [0.29, 0.717) is 19.6 Å². The van der Waals surface area contributed by atoms with E-state index in [0.717, 1.165) is 40.7 Å². The SMILES string of the molecule is N#CCCCCCOc1ccc(Br)cc1CNNc1ccccc1. The van der Waals surface area contributed by atoms with E-state index in [9.17, 15) is 0 Å². The van der Waals surface area contributed by atoms with E-state index in [4.69, 9.17) is 10.00 Å². The van der Waals surface area contributed by atoms with Crippen LogP contribution in [0.1, 0.15) is 31.2 Å². The molecule has 0 saturated carbocycles. The third-order valence-electron chi connectivity index (χ3n) is 3.50. The van der Waals surface area contributed by atoms with Crippen molar-refractivity contribution in [1.82, 2.24) is 5.43 Å². The van der Waals surface area contributed by atoms with Crippen molar-refractivity contribution in [2.45, 2.75) is 32.2 Å². The van der Waals surface area contributed by atoms with Gasteiger partial charge in [0.05, 0.1) is 12.7 Å². The van der Waals surface area contributed by atoms with Gasteiger partial charge >= 0.3 is 0 Å². The highest BCUT2D eigenvalue weighted by atomic mass is 79.9. The van der Waals surface area contributed by atoms with Gasteiger partial charge in [-0.25, -0.2) is 5.43 Å². The van der Waals surface area contributed by atoms with Crippen LogP contribution in [0.3, 0.4) is 0 Å². The Labute approximate surface area is 151 Å². The van der Waals surface area contributed by atoms with Crippen LogP contribution in [0, 0.1) is 11.3 Å². The minimum Gasteiger partial charge on any atom is -0.493 e. The molecule has 0 spiro atoms. The third kappa shape index (κ3) is 6.61. The highest BCUT2D eigenvalue weighted by Crippen LogP contribution is 2.23. The minimum absolute atomic E-state index is 0.624. The van der Waals surface area contributed by atoms with Gasteiger partial charge in [-0.15, -0.1) is 0 Å². The zero-order valence-corrected chi connectivity index (χ0v) is 15.2. The maximum atomic E-state index is 8.53. The van der Waals surface area contributed by atoms with Crippen LogP contribution in [0.25, 0.3) is 0 Å². The van der Waals surface area contributed by atoms with E-state index in [-0.39, 0.29) is 0 Å². The van der Waals surface area contributed by atoms with Crippen LogP contribution in [0.5, 0.6) is 5.75 Å². The van der Waals surface area contributed by atoms with Crippen LogP contribution in [0.2, 0.25) is 0 Å². The van der Waals surface area contributed by atoms with Gasteiger partial charge in [-0.1, -0.05) is 34.1 Å². The molecule has 0 fully saturated rings. The normalized spacial score (nSPS) is 10.2. The largest absolute Gasteiger partial charge is 0.493 e. The van der Waals surface area contributed by atoms with E-state index < -0.39 is 0 Å². The van der Waals surface area contributed by atoms with E-state index in [1.54, 1.807) is 0 Å². The summed E-state index contributed by atoms with van der Waals surface area (Å²) in [6, 6.07) is 18.2. The number of para-hydroxylation sites is 1. The Morgan fingerprint density at radius 2 is 1.88 bits per heavy atom. The van der Waals surface area contributed by atoms with Crippen molar-refractivity contribution in [1.29, 1.82) is 5.26 Å². The van der Waals surface area contributed by atoms with Crippen molar-refractivity contribution < 1.29 is 4.74 Å². The molecule has 0 atom stereocenters. The molecule has 2 rings (SSSR count). The maximum Gasteiger partial charge on any atom is 0.123 e. The molecule has 24 heavy (non-hydrogen) atoms. The first-order valence-corrected chi connectivity index (χ1v) is 8.91. The Balaban J connectivity index is 1.82.